The van der Waals surface area contributed by atoms with Crippen LogP contribution in [-0.4, -0.2) is 34.1 Å². The van der Waals surface area contributed by atoms with Crippen LogP contribution in [0.25, 0.3) is 10.2 Å². The highest BCUT2D eigenvalue weighted by molar-refractivity contribution is 7.22. The second-order valence-corrected chi connectivity index (χ2v) is 6.39. The van der Waals surface area contributed by atoms with E-state index in [9.17, 15) is 18.0 Å². The quantitative estimate of drug-likeness (QED) is 0.661. The van der Waals surface area contributed by atoms with Gasteiger partial charge in [-0.25, -0.2) is 4.98 Å². The molecule has 2 N–H and O–H groups in total. The van der Waals surface area contributed by atoms with Gasteiger partial charge in [0.05, 0.1) is 16.4 Å². The molecule has 1 amide bonds. The summed E-state index contributed by atoms with van der Waals surface area (Å²) in [4.78, 5) is 16.7. The molecule has 7 nitrogen and oxygen atoms in total. The van der Waals surface area contributed by atoms with Gasteiger partial charge in [0.1, 0.15) is 11.8 Å². The fourth-order valence-corrected chi connectivity index (χ4v) is 3.27. The molecule has 0 saturated heterocycles. The first kappa shape index (κ1) is 20.9. The van der Waals surface area contributed by atoms with Crippen molar-refractivity contribution in [3.8, 4) is 5.75 Å². The van der Waals surface area contributed by atoms with Gasteiger partial charge in [-0.1, -0.05) is 11.3 Å². The van der Waals surface area contributed by atoms with Crippen LogP contribution in [0.5, 0.6) is 5.75 Å². The maximum absolute atomic E-state index is 12.5. The Morgan fingerprint density at radius 3 is 2.70 bits per heavy atom. The van der Waals surface area contributed by atoms with Gasteiger partial charge in [0.2, 0.25) is 5.91 Å². The van der Waals surface area contributed by atoms with Crippen LogP contribution in [0.1, 0.15) is 11.6 Å². The number of halogens is 4. The molecular weight excluding hydrogens is 407 g/mol. The minimum atomic E-state index is -4.76. The molecule has 0 bridgehead atoms. The number of alkyl halides is 3. The number of rotatable bonds is 5. The summed E-state index contributed by atoms with van der Waals surface area (Å²) in [5.41, 5.74) is 1.14. The lowest BCUT2D eigenvalue weighted by Crippen LogP contribution is -2.30. The second-order valence-electron chi connectivity index (χ2n) is 5.35. The van der Waals surface area contributed by atoms with E-state index in [-0.39, 0.29) is 29.2 Å². The van der Waals surface area contributed by atoms with Crippen molar-refractivity contribution in [2.24, 2.45) is 7.05 Å². The van der Waals surface area contributed by atoms with Crippen LogP contribution >= 0.6 is 23.7 Å². The van der Waals surface area contributed by atoms with Crippen molar-refractivity contribution in [1.29, 1.82) is 0 Å². The van der Waals surface area contributed by atoms with E-state index in [1.165, 1.54) is 18.2 Å². The Hall–Kier alpha value is -2.37. The van der Waals surface area contributed by atoms with E-state index in [2.05, 4.69) is 25.5 Å². The van der Waals surface area contributed by atoms with Gasteiger partial charge in [-0.15, -0.1) is 25.6 Å². The Morgan fingerprint density at radius 1 is 1.37 bits per heavy atom. The van der Waals surface area contributed by atoms with Gasteiger partial charge in [0.15, 0.2) is 5.13 Å². The van der Waals surface area contributed by atoms with Crippen molar-refractivity contribution < 1.29 is 22.7 Å². The number of aromatic nitrogens is 3. The first-order valence-corrected chi connectivity index (χ1v) is 8.20. The van der Waals surface area contributed by atoms with Crippen molar-refractivity contribution in [2.45, 2.75) is 12.4 Å². The molecule has 12 heteroatoms. The third kappa shape index (κ3) is 5.08. The number of ether oxygens (including phenoxy) is 1. The molecule has 1 unspecified atom stereocenters. The van der Waals surface area contributed by atoms with Gasteiger partial charge in [0.25, 0.3) is 0 Å². The third-order valence-electron chi connectivity index (χ3n) is 3.43. The number of nitrogens with one attached hydrogen (secondary N) is 2. The molecular formula is C15H15ClF3N5O2S. The van der Waals surface area contributed by atoms with Gasteiger partial charge < -0.3 is 15.4 Å². The number of hydrogen-bond acceptors (Lipinski definition) is 6. The van der Waals surface area contributed by atoms with Gasteiger partial charge >= 0.3 is 6.36 Å². The molecule has 0 saturated carbocycles. The predicted molar refractivity (Wildman–Crippen MR) is 97.2 cm³/mol. The summed E-state index contributed by atoms with van der Waals surface area (Å²) in [5.74, 6) is -0.693. The standard InChI is InChI=1S/C15H14F3N5O2S.ClH/c1-19-12(8-6-20-23(2)7-8)13(24)22-14-21-10-4-3-9(5-11(10)26-14)25-15(16,17)18;/h3-7,12,19H,1-2H3,(H,21,22,24);1H. The van der Waals surface area contributed by atoms with E-state index in [1.54, 1.807) is 31.2 Å². The van der Waals surface area contributed by atoms with Gasteiger partial charge in [-0.2, -0.15) is 5.10 Å². The normalized spacial score (nSPS) is 12.5. The minimum absolute atomic E-state index is 0. The summed E-state index contributed by atoms with van der Waals surface area (Å²) >= 11 is 1.06. The number of amides is 1. The second kappa shape index (κ2) is 8.11. The highest BCUT2D eigenvalue weighted by atomic mass is 35.5. The average Bonchev–Trinajstić information content (AvgIpc) is 3.12. The largest absolute Gasteiger partial charge is 0.573 e. The van der Waals surface area contributed by atoms with Crippen molar-refractivity contribution >= 4 is 45.0 Å². The summed E-state index contributed by atoms with van der Waals surface area (Å²) in [7, 11) is 3.37. The van der Waals surface area contributed by atoms with Crippen molar-refractivity contribution in [1.82, 2.24) is 20.1 Å². The molecule has 0 aliphatic rings. The Morgan fingerprint density at radius 2 is 2.11 bits per heavy atom. The number of aryl methyl sites for hydroxylation is 1. The monoisotopic (exact) mass is 421 g/mol. The van der Waals surface area contributed by atoms with E-state index < -0.39 is 12.4 Å². The fourth-order valence-electron chi connectivity index (χ4n) is 2.37. The number of nitrogens with zero attached hydrogens (tertiary/aromatic N) is 3. The lowest BCUT2D eigenvalue weighted by atomic mass is 10.1. The number of fused-ring (bicyclic) bond motifs is 1. The zero-order chi connectivity index (χ0) is 18.9. The summed E-state index contributed by atoms with van der Waals surface area (Å²) in [6, 6.07) is 3.17. The molecule has 1 atom stereocenters. The van der Waals surface area contributed by atoms with Crippen molar-refractivity contribution in [3.05, 3.63) is 36.2 Å². The number of benzene rings is 1. The molecule has 3 rings (SSSR count). The first-order chi connectivity index (χ1) is 12.2. The number of carbonyl (C=O) groups is 1. The maximum atomic E-state index is 12.5. The predicted octanol–water partition coefficient (Wildman–Crippen LogP) is 3.25. The SMILES string of the molecule is CNC(C(=O)Nc1nc2ccc(OC(F)(F)F)cc2s1)c1cnn(C)c1.Cl. The Kier molecular flexibility index (Phi) is 6.29. The lowest BCUT2D eigenvalue weighted by molar-refractivity contribution is -0.274. The maximum Gasteiger partial charge on any atom is 0.573 e. The van der Waals surface area contributed by atoms with Crippen molar-refractivity contribution in [3.63, 3.8) is 0 Å². The number of thiazole rings is 1. The molecule has 0 fully saturated rings. The molecule has 27 heavy (non-hydrogen) atoms. The third-order valence-corrected chi connectivity index (χ3v) is 4.37. The van der Waals surface area contributed by atoms with Crippen molar-refractivity contribution in [2.75, 3.05) is 12.4 Å². The molecule has 3 aromatic rings. The molecule has 2 heterocycles. The molecule has 0 radical (unpaired) electrons. The lowest BCUT2D eigenvalue weighted by Gasteiger charge is -2.12. The van der Waals surface area contributed by atoms with Crippen LogP contribution in [0.2, 0.25) is 0 Å². The summed E-state index contributed by atoms with van der Waals surface area (Å²) in [6.45, 7) is 0. The fraction of sp³-hybridized carbons (Fsp3) is 0.267. The summed E-state index contributed by atoms with van der Waals surface area (Å²) in [6.07, 6.45) is -1.49. The van der Waals surface area contributed by atoms with Crippen LogP contribution in [0.4, 0.5) is 18.3 Å². The minimum Gasteiger partial charge on any atom is -0.406 e. The Bertz CT molecular complexity index is 943. The molecule has 1 aromatic carbocycles. The number of hydrogen-bond donors (Lipinski definition) is 2. The van der Waals surface area contributed by atoms with Gasteiger partial charge in [-0.3, -0.25) is 9.48 Å². The van der Waals surface area contributed by atoms with E-state index >= 15 is 0 Å². The zero-order valence-corrected chi connectivity index (χ0v) is 15.7. The highest BCUT2D eigenvalue weighted by Gasteiger charge is 2.31. The summed E-state index contributed by atoms with van der Waals surface area (Å²) in [5, 5.41) is 9.85. The Labute approximate surface area is 161 Å². The average molecular weight is 422 g/mol. The first-order valence-electron chi connectivity index (χ1n) is 7.38. The van der Waals surface area contributed by atoms with E-state index in [0.29, 0.717) is 15.8 Å². The molecule has 2 aromatic heterocycles. The number of anilines is 1. The molecule has 0 aliphatic carbocycles. The highest BCUT2D eigenvalue weighted by Crippen LogP contribution is 2.32. The van der Waals surface area contributed by atoms with Gasteiger partial charge in [-0.05, 0) is 19.2 Å². The summed E-state index contributed by atoms with van der Waals surface area (Å²) < 4.78 is 42.8. The molecule has 0 aliphatic heterocycles. The zero-order valence-electron chi connectivity index (χ0n) is 14.1. The van der Waals surface area contributed by atoms with Crippen LogP contribution in [0.3, 0.4) is 0 Å². The van der Waals surface area contributed by atoms with Crippen LogP contribution in [-0.2, 0) is 11.8 Å². The van der Waals surface area contributed by atoms with Crippen LogP contribution in [0, 0.1) is 0 Å². The van der Waals surface area contributed by atoms with E-state index in [0.717, 1.165) is 11.3 Å². The molecule has 0 spiro atoms. The van der Waals surface area contributed by atoms with Crippen LogP contribution in [0.15, 0.2) is 30.6 Å². The number of likely N-dealkylation sites (N-methyl/N-ethyl adjacent to an activating group) is 1. The van der Waals surface area contributed by atoms with Crippen LogP contribution < -0.4 is 15.4 Å². The smallest absolute Gasteiger partial charge is 0.406 e. The van der Waals surface area contributed by atoms with Gasteiger partial charge in [0, 0.05) is 24.9 Å². The molecule has 146 valence electrons. The number of carbonyl (C=O) groups excluding carboxylic acids is 1. The van der Waals surface area contributed by atoms with E-state index in [1.807, 2.05) is 0 Å². The Balaban J connectivity index is 0.00000261. The van der Waals surface area contributed by atoms with E-state index in [4.69, 9.17) is 0 Å². The topological polar surface area (TPSA) is 81.1 Å².